The number of nitrogens with zero attached hydrogens (tertiary/aromatic N) is 1. The number of anilines is 3. The molecular formula is C52H31NO3. The number of furan rings is 3. The van der Waals surface area contributed by atoms with Gasteiger partial charge in [0.25, 0.3) is 0 Å². The lowest BCUT2D eigenvalue weighted by Gasteiger charge is -2.27. The molecule has 0 unspecified atom stereocenters. The SMILES string of the molecule is c1ccc(-c2cccc(-c3cccc4c3oc3c5ccccc5c(N(c5ccc6c(c5)oc5ccccc56)c5ccc6oc7ccccc7c6c5)cc43)c2)cc1. The maximum Gasteiger partial charge on any atom is 0.143 e. The topological polar surface area (TPSA) is 42.7 Å². The fourth-order valence-corrected chi connectivity index (χ4v) is 8.64. The molecule has 12 rings (SSSR count). The Morgan fingerprint density at radius 1 is 0.286 bits per heavy atom. The summed E-state index contributed by atoms with van der Waals surface area (Å²) in [5.74, 6) is 0. The monoisotopic (exact) mass is 717 g/mol. The van der Waals surface area contributed by atoms with Gasteiger partial charge < -0.3 is 18.2 Å². The Labute approximate surface area is 321 Å². The lowest BCUT2D eigenvalue weighted by molar-refractivity contribution is 0.668. The van der Waals surface area contributed by atoms with Crippen LogP contribution in [0.3, 0.4) is 0 Å². The molecule has 9 aromatic carbocycles. The molecule has 0 bridgehead atoms. The Balaban J connectivity index is 1.12. The van der Waals surface area contributed by atoms with Gasteiger partial charge >= 0.3 is 0 Å². The predicted octanol–water partition coefficient (Wildman–Crippen LogP) is 15.3. The molecule has 3 aromatic heterocycles. The molecule has 0 aliphatic rings. The molecule has 0 fully saturated rings. The lowest BCUT2D eigenvalue weighted by atomic mass is 9.97. The Morgan fingerprint density at radius 3 is 1.70 bits per heavy atom. The van der Waals surface area contributed by atoms with E-state index >= 15 is 0 Å². The fraction of sp³-hybridized carbons (Fsp3) is 0. The molecular weight excluding hydrogens is 687 g/mol. The van der Waals surface area contributed by atoms with E-state index in [4.69, 9.17) is 13.3 Å². The van der Waals surface area contributed by atoms with Crippen LogP contribution in [0, 0.1) is 0 Å². The van der Waals surface area contributed by atoms with E-state index in [0.717, 1.165) is 105 Å². The predicted molar refractivity (Wildman–Crippen MR) is 231 cm³/mol. The van der Waals surface area contributed by atoms with Crippen molar-refractivity contribution in [3.05, 3.63) is 188 Å². The van der Waals surface area contributed by atoms with E-state index in [-0.39, 0.29) is 0 Å². The van der Waals surface area contributed by atoms with Gasteiger partial charge in [-0.25, -0.2) is 0 Å². The van der Waals surface area contributed by atoms with Gasteiger partial charge in [0.2, 0.25) is 0 Å². The van der Waals surface area contributed by atoms with E-state index in [0.29, 0.717) is 0 Å². The van der Waals surface area contributed by atoms with E-state index in [2.05, 4.69) is 169 Å². The summed E-state index contributed by atoms with van der Waals surface area (Å²) < 4.78 is 19.7. The van der Waals surface area contributed by atoms with E-state index in [1.165, 1.54) is 11.1 Å². The van der Waals surface area contributed by atoms with Gasteiger partial charge in [-0.3, -0.25) is 0 Å². The van der Waals surface area contributed by atoms with Crippen molar-refractivity contribution in [3.63, 3.8) is 0 Å². The van der Waals surface area contributed by atoms with Crippen LogP contribution in [-0.2, 0) is 0 Å². The largest absolute Gasteiger partial charge is 0.456 e. The second-order valence-electron chi connectivity index (χ2n) is 14.4. The first-order valence-corrected chi connectivity index (χ1v) is 18.9. The minimum absolute atomic E-state index is 0.838. The van der Waals surface area contributed by atoms with Crippen LogP contribution in [0.1, 0.15) is 0 Å². The van der Waals surface area contributed by atoms with Crippen molar-refractivity contribution >= 4 is 93.7 Å². The maximum atomic E-state index is 6.98. The van der Waals surface area contributed by atoms with Gasteiger partial charge in [-0.2, -0.15) is 0 Å². The first-order chi connectivity index (χ1) is 27.7. The average molecular weight is 718 g/mol. The van der Waals surface area contributed by atoms with Crippen molar-refractivity contribution in [2.45, 2.75) is 0 Å². The third-order valence-corrected chi connectivity index (χ3v) is 11.2. The van der Waals surface area contributed by atoms with E-state index in [1.54, 1.807) is 0 Å². The van der Waals surface area contributed by atoms with Gasteiger partial charge in [-0.15, -0.1) is 0 Å². The van der Waals surface area contributed by atoms with Gasteiger partial charge in [0.15, 0.2) is 0 Å². The van der Waals surface area contributed by atoms with E-state index in [1.807, 2.05) is 24.3 Å². The van der Waals surface area contributed by atoms with Crippen LogP contribution in [0.4, 0.5) is 17.1 Å². The van der Waals surface area contributed by atoms with Gasteiger partial charge in [0.05, 0.1) is 5.69 Å². The summed E-state index contributed by atoms with van der Waals surface area (Å²) in [6.07, 6.45) is 0. The molecule has 4 nitrogen and oxygen atoms in total. The summed E-state index contributed by atoms with van der Waals surface area (Å²) in [5, 5.41) is 8.59. The number of hydrogen-bond acceptors (Lipinski definition) is 4. The van der Waals surface area contributed by atoms with Crippen molar-refractivity contribution in [3.8, 4) is 22.3 Å². The van der Waals surface area contributed by atoms with Crippen LogP contribution in [0.15, 0.2) is 201 Å². The summed E-state index contributed by atoms with van der Waals surface area (Å²) in [7, 11) is 0. The zero-order chi connectivity index (χ0) is 36.7. The zero-order valence-electron chi connectivity index (χ0n) is 30.1. The molecule has 0 aliphatic carbocycles. The van der Waals surface area contributed by atoms with Crippen molar-refractivity contribution < 1.29 is 13.3 Å². The highest BCUT2D eigenvalue weighted by molar-refractivity contribution is 6.21. The normalized spacial score (nSPS) is 11.9. The minimum Gasteiger partial charge on any atom is -0.456 e. The van der Waals surface area contributed by atoms with Crippen molar-refractivity contribution in [1.29, 1.82) is 0 Å². The molecule has 3 heterocycles. The Bertz CT molecular complexity index is 3500. The summed E-state index contributed by atoms with van der Waals surface area (Å²) in [4.78, 5) is 2.35. The quantitative estimate of drug-likeness (QED) is 0.178. The summed E-state index contributed by atoms with van der Waals surface area (Å²) in [5.41, 5.74) is 12.7. The van der Waals surface area contributed by atoms with E-state index < -0.39 is 0 Å². The summed E-state index contributed by atoms with van der Waals surface area (Å²) in [6, 6.07) is 66.1. The molecule has 0 atom stereocenters. The van der Waals surface area contributed by atoms with Crippen LogP contribution in [0.2, 0.25) is 0 Å². The van der Waals surface area contributed by atoms with Gasteiger partial charge in [0.1, 0.15) is 33.5 Å². The molecule has 56 heavy (non-hydrogen) atoms. The maximum absolute atomic E-state index is 6.98. The molecule has 0 aliphatic heterocycles. The summed E-state index contributed by atoms with van der Waals surface area (Å²) >= 11 is 0. The van der Waals surface area contributed by atoms with E-state index in [9.17, 15) is 0 Å². The molecule has 0 saturated carbocycles. The fourth-order valence-electron chi connectivity index (χ4n) is 8.64. The van der Waals surface area contributed by atoms with Crippen molar-refractivity contribution in [1.82, 2.24) is 0 Å². The number of hydrogen-bond donors (Lipinski definition) is 0. The average Bonchev–Trinajstić information content (AvgIpc) is 3.95. The number of benzene rings is 9. The first-order valence-electron chi connectivity index (χ1n) is 18.9. The van der Waals surface area contributed by atoms with Crippen LogP contribution in [0.5, 0.6) is 0 Å². The summed E-state index contributed by atoms with van der Waals surface area (Å²) in [6.45, 7) is 0. The number of rotatable bonds is 5. The smallest absolute Gasteiger partial charge is 0.143 e. The van der Waals surface area contributed by atoms with Crippen LogP contribution < -0.4 is 4.90 Å². The molecule has 4 heteroatoms. The first kappa shape index (κ1) is 30.9. The second-order valence-corrected chi connectivity index (χ2v) is 14.4. The molecule has 0 spiro atoms. The van der Waals surface area contributed by atoms with Crippen molar-refractivity contribution in [2.75, 3.05) is 4.90 Å². The Hall–Kier alpha value is -7.56. The van der Waals surface area contributed by atoms with Crippen LogP contribution in [0.25, 0.3) is 98.8 Å². The highest BCUT2D eigenvalue weighted by Gasteiger charge is 2.23. The lowest BCUT2D eigenvalue weighted by Crippen LogP contribution is -2.10. The molecule has 0 N–H and O–H groups in total. The molecule has 0 amide bonds. The third kappa shape index (κ3) is 4.66. The minimum atomic E-state index is 0.838. The highest BCUT2D eigenvalue weighted by atomic mass is 16.3. The standard InChI is InChI=1S/C52H31NO3/c1-2-12-32(13-3-1)33-14-10-15-34(28-33)37-20-11-21-43-45-31-46(38-16-4-5-19-42(38)52(45)56-51(37)43)53(35-25-27-49-44(29-35)40-18-7-9-23-48(40)54-49)36-24-26-41-39-17-6-8-22-47(39)55-50(41)30-36/h1-31H. The van der Waals surface area contributed by atoms with Crippen molar-refractivity contribution in [2.24, 2.45) is 0 Å². The Morgan fingerprint density at radius 2 is 0.857 bits per heavy atom. The van der Waals surface area contributed by atoms with Gasteiger partial charge in [-0.1, -0.05) is 127 Å². The third-order valence-electron chi connectivity index (χ3n) is 11.2. The molecule has 0 radical (unpaired) electrons. The highest BCUT2D eigenvalue weighted by Crippen LogP contribution is 2.47. The molecule has 0 saturated heterocycles. The van der Waals surface area contributed by atoms with Gasteiger partial charge in [0, 0.05) is 66.1 Å². The Kier molecular flexibility index (Phi) is 6.60. The zero-order valence-corrected chi connectivity index (χ0v) is 30.1. The van der Waals surface area contributed by atoms with Crippen LogP contribution in [-0.4, -0.2) is 0 Å². The second kappa shape index (κ2) is 12.0. The number of fused-ring (bicyclic) bond motifs is 11. The molecule has 12 aromatic rings. The van der Waals surface area contributed by atoms with Gasteiger partial charge in [-0.05, 0) is 71.3 Å². The number of para-hydroxylation sites is 3. The molecule has 262 valence electrons. The van der Waals surface area contributed by atoms with Crippen LogP contribution >= 0.6 is 0 Å².